The highest BCUT2D eigenvalue weighted by Gasteiger charge is 2.26. The topological polar surface area (TPSA) is 78.4 Å². The third kappa shape index (κ3) is 2.48. The van der Waals surface area contributed by atoms with E-state index in [2.05, 4.69) is 26.6 Å². The van der Waals surface area contributed by atoms with Crippen LogP contribution in [0.15, 0.2) is 22.7 Å². The van der Waals surface area contributed by atoms with Gasteiger partial charge in [0.25, 0.3) is 0 Å². The minimum Gasteiger partial charge on any atom is -0.478 e. The third-order valence-electron chi connectivity index (χ3n) is 2.64. The fourth-order valence-corrected chi connectivity index (χ4v) is 1.99. The highest BCUT2D eigenvalue weighted by atomic mass is 79.9. The number of carboxylic acid groups (broad SMARTS) is 1. The number of aromatic carboxylic acids is 1. The largest absolute Gasteiger partial charge is 0.478 e. The molecule has 0 spiro atoms. The second kappa shape index (κ2) is 4.85. The number of benzene rings is 1. The first-order valence-electron chi connectivity index (χ1n) is 5.13. The van der Waals surface area contributed by atoms with Crippen molar-refractivity contribution >= 4 is 33.5 Å². The van der Waals surface area contributed by atoms with E-state index in [0.29, 0.717) is 23.2 Å². The second-order valence-corrected chi connectivity index (χ2v) is 4.67. The number of carbonyl (C=O) groups excluding carboxylic acids is 1. The van der Waals surface area contributed by atoms with Crippen LogP contribution in [-0.2, 0) is 4.79 Å². The van der Waals surface area contributed by atoms with Crippen LogP contribution in [0.25, 0.3) is 0 Å². The van der Waals surface area contributed by atoms with E-state index in [1.807, 2.05) is 0 Å². The molecule has 6 heteroatoms. The normalized spacial score (nSPS) is 15.1. The summed E-state index contributed by atoms with van der Waals surface area (Å²) in [4.78, 5) is 22.8. The second-order valence-electron chi connectivity index (χ2n) is 3.81. The van der Waals surface area contributed by atoms with Gasteiger partial charge in [0, 0.05) is 17.6 Å². The lowest BCUT2D eigenvalue weighted by atomic mass is 10.0. The Morgan fingerprint density at radius 1 is 1.41 bits per heavy atom. The number of rotatable bonds is 3. The molecule has 3 N–H and O–H groups in total. The van der Waals surface area contributed by atoms with E-state index >= 15 is 0 Å². The summed E-state index contributed by atoms with van der Waals surface area (Å²) >= 11 is 3.24. The highest BCUT2D eigenvalue weighted by Crippen LogP contribution is 2.27. The van der Waals surface area contributed by atoms with Gasteiger partial charge in [-0.25, -0.2) is 4.79 Å². The van der Waals surface area contributed by atoms with Crippen LogP contribution >= 0.6 is 15.9 Å². The molecule has 0 bridgehead atoms. The van der Waals surface area contributed by atoms with Crippen molar-refractivity contribution in [2.75, 3.05) is 18.4 Å². The Morgan fingerprint density at radius 3 is 2.65 bits per heavy atom. The van der Waals surface area contributed by atoms with E-state index < -0.39 is 5.97 Å². The molecule has 0 radical (unpaired) electrons. The fourth-order valence-electron chi connectivity index (χ4n) is 1.53. The number of hydrogen-bond donors (Lipinski definition) is 3. The Morgan fingerprint density at radius 2 is 2.12 bits per heavy atom. The summed E-state index contributed by atoms with van der Waals surface area (Å²) in [6.45, 7) is 1.28. The molecule has 0 aromatic heterocycles. The molecule has 1 saturated heterocycles. The zero-order valence-electron chi connectivity index (χ0n) is 8.87. The number of carbonyl (C=O) groups is 2. The molecular weight excluding hydrogens is 288 g/mol. The monoisotopic (exact) mass is 298 g/mol. The van der Waals surface area contributed by atoms with Gasteiger partial charge in [0.2, 0.25) is 5.91 Å². The SMILES string of the molecule is O=C(O)c1cccc(Br)c1NC(=O)C1CNC1. The van der Waals surface area contributed by atoms with Crippen LogP contribution in [0.5, 0.6) is 0 Å². The van der Waals surface area contributed by atoms with Gasteiger partial charge in [-0.3, -0.25) is 4.79 Å². The zero-order chi connectivity index (χ0) is 12.4. The summed E-state index contributed by atoms with van der Waals surface area (Å²) in [5.74, 6) is -1.30. The summed E-state index contributed by atoms with van der Waals surface area (Å²) < 4.78 is 0.568. The van der Waals surface area contributed by atoms with Gasteiger partial charge in [-0.15, -0.1) is 0 Å². The van der Waals surface area contributed by atoms with E-state index in [1.165, 1.54) is 6.07 Å². The molecule has 17 heavy (non-hydrogen) atoms. The Labute approximate surface area is 106 Å². The summed E-state index contributed by atoms with van der Waals surface area (Å²) in [6, 6.07) is 4.77. The smallest absolute Gasteiger partial charge is 0.337 e. The summed E-state index contributed by atoms with van der Waals surface area (Å²) in [5.41, 5.74) is 0.400. The molecule has 0 unspecified atom stereocenters. The van der Waals surface area contributed by atoms with Crippen molar-refractivity contribution in [2.45, 2.75) is 0 Å². The Hall–Kier alpha value is -1.40. The molecule has 0 aliphatic carbocycles. The standard InChI is InChI=1S/C11H11BrN2O3/c12-8-3-1-2-7(11(16)17)9(8)14-10(15)6-4-13-5-6/h1-3,6,13H,4-5H2,(H,14,15)(H,16,17). The van der Waals surface area contributed by atoms with Crippen LogP contribution in [0.2, 0.25) is 0 Å². The molecule has 1 amide bonds. The molecule has 2 rings (SSSR count). The number of para-hydroxylation sites is 1. The molecule has 1 heterocycles. The average molecular weight is 299 g/mol. The average Bonchev–Trinajstić information content (AvgIpc) is 2.17. The van der Waals surface area contributed by atoms with Crippen LogP contribution in [-0.4, -0.2) is 30.1 Å². The molecule has 1 aliphatic rings. The summed E-state index contributed by atoms with van der Waals surface area (Å²) in [7, 11) is 0. The number of amides is 1. The van der Waals surface area contributed by atoms with Gasteiger partial charge < -0.3 is 15.7 Å². The quantitative estimate of drug-likeness (QED) is 0.786. The molecule has 1 aromatic carbocycles. The van der Waals surface area contributed by atoms with Gasteiger partial charge in [0.15, 0.2) is 0 Å². The maximum atomic E-state index is 11.8. The van der Waals surface area contributed by atoms with Crippen molar-refractivity contribution in [2.24, 2.45) is 5.92 Å². The number of carboxylic acids is 1. The van der Waals surface area contributed by atoms with Gasteiger partial charge in [-0.05, 0) is 28.1 Å². The molecular formula is C11H11BrN2O3. The van der Waals surface area contributed by atoms with E-state index in [-0.39, 0.29) is 17.4 Å². The molecule has 5 nitrogen and oxygen atoms in total. The maximum Gasteiger partial charge on any atom is 0.337 e. The van der Waals surface area contributed by atoms with Crippen molar-refractivity contribution in [1.82, 2.24) is 5.32 Å². The predicted octanol–water partition coefficient (Wildman–Crippen LogP) is 1.31. The minimum atomic E-state index is -1.06. The van der Waals surface area contributed by atoms with E-state index in [1.54, 1.807) is 12.1 Å². The van der Waals surface area contributed by atoms with Gasteiger partial charge >= 0.3 is 5.97 Å². The van der Waals surface area contributed by atoms with Gasteiger partial charge in [0.1, 0.15) is 0 Å². The Balaban J connectivity index is 2.24. The van der Waals surface area contributed by atoms with Crippen LogP contribution in [0.3, 0.4) is 0 Å². The first-order chi connectivity index (χ1) is 8.09. The molecule has 0 saturated carbocycles. The van der Waals surface area contributed by atoms with Crippen LogP contribution < -0.4 is 10.6 Å². The van der Waals surface area contributed by atoms with E-state index in [0.717, 1.165) is 0 Å². The van der Waals surface area contributed by atoms with Crippen molar-refractivity contribution in [3.05, 3.63) is 28.2 Å². The molecule has 1 aromatic rings. The summed E-state index contributed by atoms with van der Waals surface area (Å²) in [5, 5.41) is 14.7. The Bertz CT molecular complexity index is 472. The lowest BCUT2D eigenvalue weighted by Crippen LogP contribution is -2.48. The number of hydrogen-bond acceptors (Lipinski definition) is 3. The summed E-state index contributed by atoms with van der Waals surface area (Å²) in [6.07, 6.45) is 0. The maximum absolute atomic E-state index is 11.8. The first kappa shape index (κ1) is 12.1. The van der Waals surface area contributed by atoms with Gasteiger partial charge in [-0.1, -0.05) is 6.07 Å². The van der Waals surface area contributed by atoms with E-state index in [9.17, 15) is 9.59 Å². The molecule has 0 atom stereocenters. The number of anilines is 1. The third-order valence-corrected chi connectivity index (χ3v) is 3.31. The van der Waals surface area contributed by atoms with E-state index in [4.69, 9.17) is 5.11 Å². The van der Waals surface area contributed by atoms with Crippen molar-refractivity contribution in [3.63, 3.8) is 0 Å². The fraction of sp³-hybridized carbons (Fsp3) is 0.273. The number of halogens is 1. The number of nitrogens with one attached hydrogen (secondary N) is 2. The minimum absolute atomic E-state index is 0.0799. The van der Waals surface area contributed by atoms with Gasteiger partial charge in [0.05, 0.1) is 17.2 Å². The van der Waals surface area contributed by atoms with Crippen molar-refractivity contribution in [1.29, 1.82) is 0 Å². The predicted molar refractivity (Wildman–Crippen MR) is 66.1 cm³/mol. The zero-order valence-corrected chi connectivity index (χ0v) is 10.5. The van der Waals surface area contributed by atoms with Crippen molar-refractivity contribution in [3.8, 4) is 0 Å². The Kier molecular flexibility index (Phi) is 3.44. The van der Waals surface area contributed by atoms with Gasteiger partial charge in [-0.2, -0.15) is 0 Å². The van der Waals surface area contributed by atoms with Crippen LogP contribution in [0.4, 0.5) is 5.69 Å². The molecule has 1 aliphatic heterocycles. The lowest BCUT2D eigenvalue weighted by molar-refractivity contribution is -0.121. The van der Waals surface area contributed by atoms with Crippen LogP contribution in [0, 0.1) is 5.92 Å². The van der Waals surface area contributed by atoms with Crippen molar-refractivity contribution < 1.29 is 14.7 Å². The highest BCUT2D eigenvalue weighted by molar-refractivity contribution is 9.10. The molecule has 90 valence electrons. The first-order valence-corrected chi connectivity index (χ1v) is 5.92. The van der Waals surface area contributed by atoms with Crippen LogP contribution in [0.1, 0.15) is 10.4 Å². The molecule has 1 fully saturated rings. The lowest BCUT2D eigenvalue weighted by Gasteiger charge is -2.26.